The molecule has 0 aliphatic heterocycles. The molecule has 0 radical (unpaired) electrons. The molecule has 0 heterocycles. The van der Waals surface area contributed by atoms with Crippen LogP contribution in [-0.2, 0) is 11.3 Å². The zero-order chi connectivity index (χ0) is 16.4. The van der Waals surface area contributed by atoms with Gasteiger partial charge in [-0.05, 0) is 44.9 Å². The van der Waals surface area contributed by atoms with Crippen LogP contribution in [0.15, 0.2) is 18.2 Å². The molecule has 4 heteroatoms. The Morgan fingerprint density at radius 1 is 1.23 bits per heavy atom. The number of hydrogen-bond acceptors (Lipinski definition) is 3. The molecule has 124 valence electrons. The number of carbonyl (C=O) groups excluding carboxylic acids is 1. The van der Waals surface area contributed by atoms with Crippen molar-refractivity contribution in [3.63, 3.8) is 0 Å². The van der Waals surface area contributed by atoms with Crippen LogP contribution in [0.2, 0.25) is 0 Å². The van der Waals surface area contributed by atoms with Gasteiger partial charge in [0.2, 0.25) is 0 Å². The Bertz CT molecular complexity index is 460. The number of amides is 1. The van der Waals surface area contributed by atoms with E-state index in [-0.39, 0.29) is 11.9 Å². The van der Waals surface area contributed by atoms with Crippen LogP contribution in [0.4, 0.5) is 0 Å². The molecule has 0 aliphatic rings. The molecule has 1 rings (SSSR count). The second kappa shape index (κ2) is 10.2. The van der Waals surface area contributed by atoms with Gasteiger partial charge in [-0.1, -0.05) is 20.3 Å². The second-order valence-corrected chi connectivity index (χ2v) is 5.47. The minimum absolute atomic E-state index is 0.0410. The van der Waals surface area contributed by atoms with E-state index in [1.54, 1.807) is 0 Å². The number of carbonyl (C=O) groups is 1. The molecule has 0 saturated heterocycles. The Hall–Kier alpha value is -1.55. The van der Waals surface area contributed by atoms with Crippen LogP contribution in [0.5, 0.6) is 5.75 Å². The van der Waals surface area contributed by atoms with Crippen molar-refractivity contribution in [3.05, 3.63) is 29.3 Å². The third kappa shape index (κ3) is 6.06. The largest absolute Gasteiger partial charge is 0.494 e. The molecule has 0 saturated carbocycles. The molecule has 1 aromatic rings. The summed E-state index contributed by atoms with van der Waals surface area (Å²) in [6.07, 6.45) is 3.01. The van der Waals surface area contributed by atoms with Gasteiger partial charge in [0.25, 0.3) is 5.91 Å². The maximum atomic E-state index is 12.3. The quantitative estimate of drug-likeness (QED) is 0.666. The number of nitrogens with one attached hydrogen (secondary N) is 1. The molecule has 22 heavy (non-hydrogen) atoms. The van der Waals surface area contributed by atoms with Crippen molar-refractivity contribution >= 4 is 5.91 Å². The fourth-order valence-corrected chi connectivity index (χ4v) is 2.27. The normalized spacial score (nSPS) is 12.0. The Balaban J connectivity index is 2.82. The van der Waals surface area contributed by atoms with Crippen molar-refractivity contribution in [2.45, 2.75) is 59.6 Å². The van der Waals surface area contributed by atoms with Gasteiger partial charge >= 0.3 is 0 Å². The Morgan fingerprint density at radius 2 is 2.00 bits per heavy atom. The summed E-state index contributed by atoms with van der Waals surface area (Å²) in [4.78, 5) is 12.3. The van der Waals surface area contributed by atoms with Gasteiger partial charge in [0, 0.05) is 23.8 Å². The van der Waals surface area contributed by atoms with E-state index in [0.29, 0.717) is 25.4 Å². The SMILES string of the molecule is CCCOCc1cc(C(=O)N[C@@H](C)CCC)ccc1OCC. The second-order valence-electron chi connectivity index (χ2n) is 5.47. The van der Waals surface area contributed by atoms with E-state index in [4.69, 9.17) is 9.47 Å². The predicted octanol–water partition coefficient (Wildman–Crippen LogP) is 3.93. The Kier molecular flexibility index (Phi) is 8.60. The van der Waals surface area contributed by atoms with Crippen LogP contribution in [0.1, 0.15) is 62.9 Å². The summed E-state index contributed by atoms with van der Waals surface area (Å²) < 4.78 is 11.2. The summed E-state index contributed by atoms with van der Waals surface area (Å²) in [5.74, 6) is 0.748. The number of hydrogen-bond donors (Lipinski definition) is 1. The molecule has 0 aliphatic carbocycles. The van der Waals surface area contributed by atoms with E-state index in [0.717, 1.165) is 30.6 Å². The first-order chi connectivity index (χ1) is 10.6. The molecule has 0 fully saturated rings. The summed E-state index contributed by atoms with van der Waals surface area (Å²) in [6, 6.07) is 5.72. The zero-order valence-corrected chi connectivity index (χ0v) is 14.3. The van der Waals surface area contributed by atoms with Gasteiger partial charge in [-0.15, -0.1) is 0 Å². The zero-order valence-electron chi connectivity index (χ0n) is 14.3. The molecule has 0 spiro atoms. The number of benzene rings is 1. The molecular weight excluding hydrogens is 278 g/mol. The Morgan fingerprint density at radius 3 is 2.64 bits per heavy atom. The van der Waals surface area contributed by atoms with Gasteiger partial charge in [0.1, 0.15) is 5.75 Å². The van der Waals surface area contributed by atoms with Gasteiger partial charge in [-0.25, -0.2) is 0 Å². The van der Waals surface area contributed by atoms with Crippen molar-refractivity contribution in [1.29, 1.82) is 0 Å². The van der Waals surface area contributed by atoms with Gasteiger partial charge in [0.05, 0.1) is 13.2 Å². The molecular formula is C18H29NO3. The van der Waals surface area contributed by atoms with Crippen LogP contribution in [0.3, 0.4) is 0 Å². The lowest BCUT2D eigenvalue weighted by molar-refractivity contribution is 0.0937. The van der Waals surface area contributed by atoms with Crippen molar-refractivity contribution in [2.75, 3.05) is 13.2 Å². The molecule has 1 aromatic carbocycles. The standard InChI is InChI=1S/C18H29NO3/c1-5-8-14(4)19-18(20)15-9-10-17(22-7-3)16(12-15)13-21-11-6-2/h9-10,12,14H,5-8,11,13H2,1-4H3,(H,19,20)/t14-/m0/s1. The van der Waals surface area contributed by atoms with Crippen molar-refractivity contribution < 1.29 is 14.3 Å². The van der Waals surface area contributed by atoms with Crippen molar-refractivity contribution in [1.82, 2.24) is 5.32 Å². The topological polar surface area (TPSA) is 47.6 Å². The predicted molar refractivity (Wildman–Crippen MR) is 89.4 cm³/mol. The van der Waals surface area contributed by atoms with E-state index in [9.17, 15) is 4.79 Å². The molecule has 0 bridgehead atoms. The highest BCUT2D eigenvalue weighted by Gasteiger charge is 2.12. The average Bonchev–Trinajstić information content (AvgIpc) is 2.49. The highest BCUT2D eigenvalue weighted by molar-refractivity contribution is 5.94. The van der Waals surface area contributed by atoms with E-state index in [1.807, 2.05) is 32.0 Å². The smallest absolute Gasteiger partial charge is 0.251 e. The molecule has 0 unspecified atom stereocenters. The summed E-state index contributed by atoms with van der Waals surface area (Å²) in [6.45, 7) is 9.93. The van der Waals surface area contributed by atoms with Gasteiger partial charge < -0.3 is 14.8 Å². The highest BCUT2D eigenvalue weighted by atomic mass is 16.5. The first-order valence-electron chi connectivity index (χ1n) is 8.26. The van der Waals surface area contributed by atoms with Crippen molar-refractivity contribution in [2.24, 2.45) is 0 Å². The van der Waals surface area contributed by atoms with Crippen LogP contribution in [-0.4, -0.2) is 25.2 Å². The lowest BCUT2D eigenvalue weighted by atomic mass is 10.1. The molecule has 1 atom stereocenters. The van der Waals surface area contributed by atoms with Crippen LogP contribution in [0, 0.1) is 0 Å². The van der Waals surface area contributed by atoms with Crippen molar-refractivity contribution in [3.8, 4) is 5.75 Å². The third-order valence-corrected chi connectivity index (χ3v) is 3.33. The van der Waals surface area contributed by atoms with E-state index in [2.05, 4.69) is 19.2 Å². The fourth-order valence-electron chi connectivity index (χ4n) is 2.27. The molecule has 1 N–H and O–H groups in total. The lowest BCUT2D eigenvalue weighted by Crippen LogP contribution is -2.32. The summed E-state index contributed by atoms with van der Waals surface area (Å²) >= 11 is 0. The maximum absolute atomic E-state index is 12.3. The minimum atomic E-state index is -0.0410. The fraction of sp³-hybridized carbons (Fsp3) is 0.611. The third-order valence-electron chi connectivity index (χ3n) is 3.33. The highest BCUT2D eigenvalue weighted by Crippen LogP contribution is 2.21. The monoisotopic (exact) mass is 307 g/mol. The van der Waals surface area contributed by atoms with Crippen LogP contribution in [0.25, 0.3) is 0 Å². The number of rotatable bonds is 10. The van der Waals surface area contributed by atoms with Gasteiger partial charge in [0.15, 0.2) is 0 Å². The van der Waals surface area contributed by atoms with Gasteiger partial charge in [-0.3, -0.25) is 4.79 Å². The maximum Gasteiger partial charge on any atom is 0.251 e. The van der Waals surface area contributed by atoms with E-state index < -0.39 is 0 Å². The first kappa shape index (κ1) is 18.5. The van der Waals surface area contributed by atoms with Gasteiger partial charge in [-0.2, -0.15) is 0 Å². The lowest BCUT2D eigenvalue weighted by Gasteiger charge is -2.15. The summed E-state index contributed by atoms with van der Waals surface area (Å²) in [5, 5.41) is 3.02. The van der Waals surface area contributed by atoms with Crippen LogP contribution >= 0.6 is 0 Å². The summed E-state index contributed by atoms with van der Waals surface area (Å²) in [5.41, 5.74) is 1.58. The molecule has 1 amide bonds. The van der Waals surface area contributed by atoms with E-state index >= 15 is 0 Å². The Labute approximate surface area is 134 Å². The van der Waals surface area contributed by atoms with E-state index in [1.165, 1.54) is 0 Å². The first-order valence-corrected chi connectivity index (χ1v) is 8.26. The number of ether oxygens (including phenoxy) is 2. The molecule has 4 nitrogen and oxygen atoms in total. The average molecular weight is 307 g/mol. The molecule has 0 aromatic heterocycles. The minimum Gasteiger partial charge on any atom is -0.494 e. The van der Waals surface area contributed by atoms with Crippen LogP contribution < -0.4 is 10.1 Å². The summed E-state index contributed by atoms with van der Waals surface area (Å²) in [7, 11) is 0.